The predicted molar refractivity (Wildman–Crippen MR) is 137 cm³/mol. The summed E-state index contributed by atoms with van der Waals surface area (Å²) >= 11 is 2.07. The molecule has 0 heterocycles. The first-order valence-electron chi connectivity index (χ1n) is 10.8. The van der Waals surface area contributed by atoms with Crippen LogP contribution >= 0.6 is 22.6 Å². The maximum Gasteiger partial charge on any atom is 0.411 e. The Bertz CT molecular complexity index is 1200. The van der Waals surface area contributed by atoms with Gasteiger partial charge < -0.3 is 15.2 Å². The molecule has 34 heavy (non-hydrogen) atoms. The fourth-order valence-electron chi connectivity index (χ4n) is 4.09. The molecule has 0 unspecified atom stereocenters. The molecule has 0 radical (unpaired) electrons. The van der Waals surface area contributed by atoms with Crippen LogP contribution in [0.1, 0.15) is 40.2 Å². The Morgan fingerprint density at radius 2 is 1.59 bits per heavy atom. The number of hydrogen-bond acceptors (Lipinski definition) is 4. The van der Waals surface area contributed by atoms with Gasteiger partial charge in [-0.3, -0.25) is 14.9 Å². The summed E-state index contributed by atoms with van der Waals surface area (Å²) in [6.45, 7) is 0.451. The number of carbonyl (C=O) groups excluding carboxylic acids is 2. The summed E-state index contributed by atoms with van der Waals surface area (Å²) in [4.78, 5) is 35.6. The van der Waals surface area contributed by atoms with Crippen LogP contribution in [0.3, 0.4) is 0 Å². The average molecular weight is 570 g/mol. The van der Waals surface area contributed by atoms with Crippen molar-refractivity contribution in [1.29, 1.82) is 0 Å². The highest BCUT2D eigenvalue weighted by Gasteiger charge is 2.29. The summed E-state index contributed by atoms with van der Waals surface area (Å²) in [5.74, 6) is -1.28. The number of benzene rings is 3. The smallest absolute Gasteiger partial charge is 0.411 e. The maximum absolute atomic E-state index is 12.6. The lowest BCUT2D eigenvalue weighted by Crippen LogP contribution is -2.25. The van der Waals surface area contributed by atoms with E-state index in [1.807, 2.05) is 24.3 Å². The van der Waals surface area contributed by atoms with Crippen LogP contribution in [0.2, 0.25) is 0 Å². The SMILES string of the molecule is O=C(O)CCCNC(=O)c1cc(I)cc(NC(=O)OCC2c3ccccc3-c3ccccc32)c1. The Kier molecular flexibility index (Phi) is 7.46. The number of carboxylic acid groups (broad SMARTS) is 1. The minimum absolute atomic E-state index is 0.0127. The first-order chi connectivity index (χ1) is 16.4. The average Bonchev–Trinajstić information content (AvgIpc) is 3.13. The van der Waals surface area contributed by atoms with Gasteiger partial charge in [-0.15, -0.1) is 0 Å². The molecule has 8 heteroatoms. The highest BCUT2D eigenvalue weighted by molar-refractivity contribution is 14.1. The highest BCUT2D eigenvalue weighted by Crippen LogP contribution is 2.44. The molecule has 7 nitrogen and oxygen atoms in total. The fourth-order valence-corrected chi connectivity index (χ4v) is 4.76. The van der Waals surface area contributed by atoms with Gasteiger partial charge in [0.05, 0.1) is 0 Å². The number of carboxylic acids is 1. The van der Waals surface area contributed by atoms with E-state index in [0.717, 1.165) is 25.8 Å². The zero-order valence-corrected chi connectivity index (χ0v) is 20.4. The van der Waals surface area contributed by atoms with Crippen molar-refractivity contribution < 1.29 is 24.2 Å². The first kappa shape index (κ1) is 23.7. The minimum atomic E-state index is -0.905. The zero-order chi connectivity index (χ0) is 24.1. The van der Waals surface area contributed by atoms with Crippen molar-refractivity contribution in [2.75, 3.05) is 18.5 Å². The summed E-state index contributed by atoms with van der Waals surface area (Å²) in [6, 6.07) is 21.2. The molecule has 0 fully saturated rings. The van der Waals surface area contributed by atoms with E-state index in [0.29, 0.717) is 17.7 Å². The second kappa shape index (κ2) is 10.7. The third-order valence-electron chi connectivity index (χ3n) is 5.60. The molecule has 1 aliphatic rings. The third kappa shape index (κ3) is 5.56. The molecule has 0 saturated heterocycles. The van der Waals surface area contributed by atoms with E-state index < -0.39 is 12.1 Å². The molecule has 0 bridgehead atoms. The Hall–Kier alpha value is -3.40. The van der Waals surface area contributed by atoms with Crippen LogP contribution in [-0.2, 0) is 9.53 Å². The zero-order valence-electron chi connectivity index (χ0n) is 18.2. The number of ether oxygens (including phenoxy) is 1. The molecule has 0 aliphatic heterocycles. The van der Waals surface area contributed by atoms with Gasteiger partial charge >= 0.3 is 12.1 Å². The number of anilines is 1. The largest absolute Gasteiger partial charge is 0.481 e. The van der Waals surface area contributed by atoms with Crippen LogP contribution < -0.4 is 10.6 Å². The molecule has 3 aromatic rings. The number of nitrogens with one attached hydrogen (secondary N) is 2. The van der Waals surface area contributed by atoms with Gasteiger partial charge in [0.1, 0.15) is 6.61 Å². The highest BCUT2D eigenvalue weighted by atomic mass is 127. The molecule has 1 aliphatic carbocycles. The molecule has 174 valence electrons. The molecular weight excluding hydrogens is 547 g/mol. The van der Waals surface area contributed by atoms with Crippen molar-refractivity contribution in [3.63, 3.8) is 0 Å². The van der Waals surface area contributed by atoms with Gasteiger partial charge in [0.2, 0.25) is 0 Å². The van der Waals surface area contributed by atoms with E-state index >= 15 is 0 Å². The van der Waals surface area contributed by atoms with Crippen molar-refractivity contribution in [3.05, 3.63) is 87.0 Å². The number of fused-ring (bicyclic) bond motifs is 3. The summed E-state index contributed by atoms with van der Waals surface area (Å²) in [7, 11) is 0. The van der Waals surface area contributed by atoms with Crippen molar-refractivity contribution in [2.45, 2.75) is 18.8 Å². The van der Waals surface area contributed by atoms with Gasteiger partial charge in [-0.05, 0) is 69.5 Å². The quantitative estimate of drug-likeness (QED) is 0.254. The lowest BCUT2D eigenvalue weighted by molar-refractivity contribution is -0.137. The standard InChI is InChI=1S/C26H23IN2O5/c27-17-12-16(25(32)28-11-5-10-24(30)31)13-18(14-17)29-26(33)34-15-23-21-8-3-1-6-19(21)20-7-2-4-9-22(20)23/h1-4,6-9,12-14,23H,5,10-11,15H2,(H,28,32)(H,29,33)(H,30,31). The molecule has 3 N–H and O–H groups in total. The Morgan fingerprint density at radius 1 is 0.941 bits per heavy atom. The molecular formula is C26H23IN2O5. The molecule has 0 saturated carbocycles. The van der Waals surface area contributed by atoms with E-state index in [1.54, 1.807) is 18.2 Å². The Balaban J connectivity index is 1.38. The van der Waals surface area contributed by atoms with E-state index in [1.165, 1.54) is 0 Å². The number of rotatable bonds is 8. The number of carbonyl (C=O) groups is 3. The summed E-state index contributed by atoms with van der Waals surface area (Å²) in [5, 5.41) is 14.1. The van der Waals surface area contributed by atoms with Crippen LogP contribution in [0.4, 0.5) is 10.5 Å². The molecule has 3 aromatic carbocycles. The van der Waals surface area contributed by atoms with Crippen LogP contribution in [0, 0.1) is 3.57 Å². The predicted octanol–water partition coefficient (Wildman–Crippen LogP) is 5.25. The van der Waals surface area contributed by atoms with E-state index in [9.17, 15) is 14.4 Å². The van der Waals surface area contributed by atoms with Gasteiger partial charge in [-0.25, -0.2) is 4.79 Å². The number of halogens is 1. The van der Waals surface area contributed by atoms with E-state index in [2.05, 4.69) is 57.5 Å². The number of aliphatic carboxylic acids is 1. The van der Waals surface area contributed by atoms with Crippen LogP contribution in [0.5, 0.6) is 0 Å². The molecule has 2 amide bonds. The monoisotopic (exact) mass is 570 g/mol. The van der Waals surface area contributed by atoms with Crippen LogP contribution in [0.15, 0.2) is 66.7 Å². The van der Waals surface area contributed by atoms with Gasteiger partial charge in [0.15, 0.2) is 0 Å². The molecule has 0 atom stereocenters. The van der Waals surface area contributed by atoms with E-state index in [4.69, 9.17) is 9.84 Å². The van der Waals surface area contributed by atoms with Crippen molar-refractivity contribution in [1.82, 2.24) is 5.32 Å². The van der Waals surface area contributed by atoms with Gasteiger partial charge in [-0.1, -0.05) is 48.5 Å². The summed E-state index contributed by atoms with van der Waals surface area (Å²) in [6.07, 6.45) is -0.270. The van der Waals surface area contributed by atoms with Crippen LogP contribution in [-0.4, -0.2) is 36.2 Å². The molecule has 0 aromatic heterocycles. The normalized spacial score (nSPS) is 11.9. The van der Waals surface area contributed by atoms with E-state index in [-0.39, 0.29) is 31.4 Å². The fraction of sp³-hybridized carbons (Fsp3) is 0.192. The summed E-state index contributed by atoms with van der Waals surface area (Å²) < 4.78 is 6.35. The van der Waals surface area contributed by atoms with Gasteiger partial charge in [0.25, 0.3) is 5.91 Å². The first-order valence-corrected chi connectivity index (χ1v) is 11.9. The lowest BCUT2D eigenvalue weighted by Gasteiger charge is -2.15. The second-order valence-electron chi connectivity index (χ2n) is 7.93. The van der Waals surface area contributed by atoms with Crippen molar-refractivity contribution in [2.24, 2.45) is 0 Å². The molecule has 4 rings (SSSR count). The number of amides is 2. The Morgan fingerprint density at radius 3 is 2.24 bits per heavy atom. The summed E-state index contributed by atoms with van der Waals surface area (Å²) in [5.41, 5.74) is 5.39. The third-order valence-corrected chi connectivity index (χ3v) is 6.23. The molecule has 0 spiro atoms. The minimum Gasteiger partial charge on any atom is -0.481 e. The second-order valence-corrected chi connectivity index (χ2v) is 9.18. The van der Waals surface area contributed by atoms with Gasteiger partial charge in [0, 0.05) is 33.7 Å². The van der Waals surface area contributed by atoms with Crippen LogP contribution in [0.25, 0.3) is 11.1 Å². The van der Waals surface area contributed by atoms with Crippen molar-refractivity contribution >= 4 is 46.2 Å². The van der Waals surface area contributed by atoms with Gasteiger partial charge in [-0.2, -0.15) is 0 Å². The Labute approximate surface area is 210 Å². The topological polar surface area (TPSA) is 105 Å². The lowest BCUT2D eigenvalue weighted by atomic mass is 9.98. The maximum atomic E-state index is 12.6. The van der Waals surface area contributed by atoms with Crippen molar-refractivity contribution in [3.8, 4) is 11.1 Å². The number of hydrogen-bond donors (Lipinski definition) is 3.